The molecule has 154 valence electrons. The molecule has 0 saturated carbocycles. The summed E-state index contributed by atoms with van der Waals surface area (Å²) < 4.78 is 0.996. The first-order valence-electron chi connectivity index (χ1n) is 9.77. The molecule has 31 heavy (non-hydrogen) atoms. The van der Waals surface area contributed by atoms with Crippen molar-refractivity contribution in [3.05, 3.63) is 87.5 Å². The minimum Gasteiger partial charge on any atom is -0.333 e. The van der Waals surface area contributed by atoms with E-state index in [2.05, 4.69) is 15.3 Å². The number of anilines is 1. The molecule has 0 fully saturated rings. The van der Waals surface area contributed by atoms with Crippen LogP contribution in [0.5, 0.6) is 0 Å². The normalized spacial score (nSPS) is 13.1. The first-order valence-corrected chi connectivity index (χ1v) is 11.0. The topological polar surface area (TPSA) is 75.2 Å². The van der Waals surface area contributed by atoms with Crippen LogP contribution < -0.4 is 5.32 Å². The number of hydrogen-bond acceptors (Lipinski definition) is 5. The maximum atomic E-state index is 13.1. The van der Waals surface area contributed by atoms with Crippen molar-refractivity contribution < 1.29 is 9.59 Å². The highest BCUT2D eigenvalue weighted by Gasteiger charge is 2.27. The van der Waals surface area contributed by atoms with Gasteiger partial charge in [-0.05, 0) is 18.2 Å². The van der Waals surface area contributed by atoms with E-state index < -0.39 is 0 Å². The molecule has 0 bridgehead atoms. The molecule has 3 heterocycles. The number of fused-ring (bicyclic) bond motifs is 2. The number of aromatic nitrogens is 2. The van der Waals surface area contributed by atoms with Crippen LogP contribution >= 0.6 is 22.9 Å². The van der Waals surface area contributed by atoms with E-state index in [9.17, 15) is 9.59 Å². The van der Waals surface area contributed by atoms with Crippen molar-refractivity contribution in [2.45, 2.75) is 13.0 Å². The molecule has 4 aromatic rings. The molecule has 0 radical (unpaired) electrons. The zero-order valence-corrected chi connectivity index (χ0v) is 17.9. The average molecular weight is 449 g/mol. The Morgan fingerprint density at radius 3 is 2.65 bits per heavy atom. The van der Waals surface area contributed by atoms with Crippen LogP contribution in [0.25, 0.3) is 10.1 Å². The fourth-order valence-corrected chi connectivity index (χ4v) is 5.09. The second-order valence-electron chi connectivity index (χ2n) is 7.20. The number of nitrogens with zero attached hydrogens (tertiary/aromatic N) is 3. The highest BCUT2D eigenvalue weighted by atomic mass is 35.5. The summed E-state index contributed by atoms with van der Waals surface area (Å²) in [6.45, 7) is 0.936. The van der Waals surface area contributed by atoms with Gasteiger partial charge in [0, 0.05) is 46.9 Å². The Morgan fingerprint density at radius 1 is 1.06 bits per heavy atom. The predicted molar refractivity (Wildman–Crippen MR) is 122 cm³/mol. The molecule has 1 N–H and O–H groups in total. The third-order valence-corrected chi connectivity index (χ3v) is 6.88. The lowest BCUT2D eigenvalue weighted by molar-refractivity contribution is 0.0738. The van der Waals surface area contributed by atoms with Crippen molar-refractivity contribution in [1.29, 1.82) is 0 Å². The van der Waals surface area contributed by atoms with Crippen LogP contribution in [0.2, 0.25) is 5.02 Å². The molecule has 6 nitrogen and oxygen atoms in total. The maximum absolute atomic E-state index is 13.1. The fourth-order valence-electron chi connectivity index (χ4n) is 3.61. The van der Waals surface area contributed by atoms with E-state index in [-0.39, 0.29) is 17.8 Å². The number of hydrogen-bond donors (Lipinski definition) is 1. The SMILES string of the molecule is O=C(Nc1ncc2c(n1)CCN(C(=O)c1sc3ccccc3c1Cl)C2)c1ccccc1. The molecular formula is C23H17ClN4O2S. The van der Waals surface area contributed by atoms with Crippen molar-refractivity contribution in [2.75, 3.05) is 11.9 Å². The molecule has 0 spiro atoms. The first kappa shape index (κ1) is 19.7. The lowest BCUT2D eigenvalue weighted by Gasteiger charge is -2.28. The zero-order chi connectivity index (χ0) is 21.4. The van der Waals surface area contributed by atoms with Crippen LogP contribution in [0.15, 0.2) is 60.8 Å². The lowest BCUT2D eigenvalue weighted by Crippen LogP contribution is -2.36. The largest absolute Gasteiger partial charge is 0.333 e. The molecule has 1 aliphatic rings. The van der Waals surface area contributed by atoms with Gasteiger partial charge < -0.3 is 4.90 Å². The monoisotopic (exact) mass is 448 g/mol. The number of rotatable bonds is 3. The third kappa shape index (κ3) is 3.78. The molecule has 2 amide bonds. The Kier molecular flexibility index (Phi) is 5.13. The molecule has 0 aliphatic carbocycles. The minimum atomic E-state index is -0.257. The summed E-state index contributed by atoms with van der Waals surface area (Å²) in [7, 11) is 0. The summed E-state index contributed by atoms with van der Waals surface area (Å²) >= 11 is 7.90. The van der Waals surface area contributed by atoms with Crippen molar-refractivity contribution >= 4 is 50.8 Å². The molecule has 0 saturated heterocycles. The number of carbonyl (C=O) groups excluding carboxylic acids is 2. The van der Waals surface area contributed by atoms with E-state index in [4.69, 9.17) is 11.6 Å². The molecule has 0 unspecified atom stereocenters. The van der Waals surface area contributed by atoms with Crippen LogP contribution in [0.4, 0.5) is 5.95 Å². The summed E-state index contributed by atoms with van der Waals surface area (Å²) in [5.41, 5.74) is 2.25. The number of carbonyl (C=O) groups is 2. The number of halogens is 1. The van der Waals surface area contributed by atoms with Crippen molar-refractivity contribution in [3.8, 4) is 0 Å². The van der Waals surface area contributed by atoms with Gasteiger partial charge in [0.2, 0.25) is 5.95 Å². The fraction of sp³-hybridized carbons (Fsp3) is 0.130. The lowest BCUT2D eigenvalue weighted by atomic mass is 10.1. The van der Waals surface area contributed by atoms with Crippen LogP contribution in [-0.2, 0) is 13.0 Å². The van der Waals surface area contributed by atoms with E-state index in [1.165, 1.54) is 11.3 Å². The quantitative estimate of drug-likeness (QED) is 0.488. The van der Waals surface area contributed by atoms with Crippen molar-refractivity contribution in [2.24, 2.45) is 0 Å². The summed E-state index contributed by atoms with van der Waals surface area (Å²) in [6, 6.07) is 16.7. The molecule has 2 aromatic heterocycles. The summed E-state index contributed by atoms with van der Waals surface area (Å²) in [6.07, 6.45) is 2.26. The standard InChI is InChI=1S/C23H17ClN4O2S/c24-19-16-8-4-5-9-18(16)31-20(19)22(30)28-11-10-17-15(13-28)12-25-23(26-17)27-21(29)14-6-2-1-3-7-14/h1-9,12H,10-11,13H2,(H,25,26,27,29). The zero-order valence-electron chi connectivity index (χ0n) is 16.3. The van der Waals surface area contributed by atoms with E-state index in [0.29, 0.717) is 35.0 Å². The Morgan fingerprint density at radius 2 is 1.84 bits per heavy atom. The summed E-state index contributed by atoms with van der Waals surface area (Å²) in [5.74, 6) is -0.0780. The van der Waals surface area contributed by atoms with Crippen LogP contribution in [0.1, 0.15) is 31.3 Å². The van der Waals surface area contributed by atoms with Gasteiger partial charge in [-0.2, -0.15) is 0 Å². The second kappa shape index (κ2) is 8.09. The van der Waals surface area contributed by atoms with Gasteiger partial charge in [-0.25, -0.2) is 9.97 Å². The molecular weight excluding hydrogens is 432 g/mol. The number of amides is 2. The van der Waals surface area contributed by atoms with E-state index >= 15 is 0 Å². The van der Waals surface area contributed by atoms with Crippen LogP contribution in [0, 0.1) is 0 Å². The van der Waals surface area contributed by atoms with E-state index in [0.717, 1.165) is 21.3 Å². The molecule has 1 aliphatic heterocycles. The second-order valence-corrected chi connectivity index (χ2v) is 8.63. The molecule has 0 atom stereocenters. The highest BCUT2D eigenvalue weighted by Crippen LogP contribution is 2.36. The van der Waals surface area contributed by atoms with Crippen molar-refractivity contribution in [3.63, 3.8) is 0 Å². The molecule has 5 rings (SSSR count). The van der Waals surface area contributed by atoms with Gasteiger partial charge in [0.15, 0.2) is 0 Å². The van der Waals surface area contributed by atoms with E-state index in [1.807, 2.05) is 30.3 Å². The van der Waals surface area contributed by atoms with Crippen LogP contribution in [-0.4, -0.2) is 33.2 Å². The van der Waals surface area contributed by atoms with Gasteiger partial charge in [-0.15, -0.1) is 11.3 Å². The van der Waals surface area contributed by atoms with Gasteiger partial charge in [0.25, 0.3) is 11.8 Å². The van der Waals surface area contributed by atoms with E-state index in [1.54, 1.807) is 35.4 Å². The molecule has 8 heteroatoms. The van der Waals surface area contributed by atoms with Gasteiger partial charge in [-0.3, -0.25) is 14.9 Å². The average Bonchev–Trinajstić information content (AvgIpc) is 3.15. The Balaban J connectivity index is 1.33. The first-order chi connectivity index (χ1) is 15.1. The summed E-state index contributed by atoms with van der Waals surface area (Å²) in [5, 5.41) is 4.14. The van der Waals surface area contributed by atoms with Crippen LogP contribution in [0.3, 0.4) is 0 Å². The number of thiophene rings is 1. The summed E-state index contributed by atoms with van der Waals surface area (Å²) in [4.78, 5) is 36.5. The highest BCUT2D eigenvalue weighted by molar-refractivity contribution is 7.21. The van der Waals surface area contributed by atoms with Gasteiger partial charge in [-0.1, -0.05) is 48.0 Å². The maximum Gasteiger partial charge on any atom is 0.265 e. The van der Waals surface area contributed by atoms with Crippen molar-refractivity contribution in [1.82, 2.24) is 14.9 Å². The molecule has 2 aromatic carbocycles. The minimum absolute atomic E-state index is 0.0849. The van der Waals surface area contributed by atoms with Gasteiger partial charge in [0.05, 0.1) is 10.7 Å². The number of benzene rings is 2. The Labute approximate surface area is 187 Å². The smallest absolute Gasteiger partial charge is 0.265 e. The number of nitrogens with one attached hydrogen (secondary N) is 1. The third-order valence-electron chi connectivity index (χ3n) is 5.21. The predicted octanol–water partition coefficient (Wildman–Crippen LogP) is 4.80. The van der Waals surface area contributed by atoms with Gasteiger partial charge >= 0.3 is 0 Å². The Hall–Kier alpha value is -3.29. The van der Waals surface area contributed by atoms with Gasteiger partial charge in [0.1, 0.15) is 4.88 Å². The Bertz CT molecular complexity index is 1310.